The first-order chi connectivity index (χ1) is 12.0. The number of aromatic hydroxyl groups is 1. The summed E-state index contributed by atoms with van der Waals surface area (Å²) in [7, 11) is 0. The summed E-state index contributed by atoms with van der Waals surface area (Å²) in [5.74, 6) is 0.467. The Kier molecular flexibility index (Phi) is 6.33. The highest BCUT2D eigenvalue weighted by atomic mass is 16.6. The number of carbonyl (C=O) groups is 1. The van der Waals surface area contributed by atoms with E-state index in [9.17, 15) is 20.0 Å². The van der Waals surface area contributed by atoms with Crippen LogP contribution in [0.1, 0.15) is 24.0 Å². The molecule has 0 radical (unpaired) electrons. The van der Waals surface area contributed by atoms with Gasteiger partial charge < -0.3 is 15.2 Å². The Morgan fingerprint density at radius 2 is 2.08 bits per heavy atom. The van der Waals surface area contributed by atoms with E-state index in [2.05, 4.69) is 5.32 Å². The summed E-state index contributed by atoms with van der Waals surface area (Å²) in [6, 6.07) is 11.4. The molecule has 0 aliphatic carbocycles. The van der Waals surface area contributed by atoms with Crippen LogP contribution in [0.3, 0.4) is 0 Å². The Morgan fingerprint density at radius 3 is 2.80 bits per heavy atom. The maximum absolute atomic E-state index is 11.8. The molecule has 0 aliphatic heterocycles. The lowest BCUT2D eigenvalue weighted by Gasteiger charge is -2.08. The van der Waals surface area contributed by atoms with Gasteiger partial charge in [0.05, 0.1) is 11.5 Å². The molecule has 0 fully saturated rings. The number of phenols is 1. The lowest BCUT2D eigenvalue weighted by atomic mass is 10.1. The molecule has 0 aliphatic rings. The molecule has 132 valence electrons. The quantitative estimate of drug-likeness (QED) is 0.435. The molecule has 25 heavy (non-hydrogen) atoms. The van der Waals surface area contributed by atoms with Crippen LogP contribution >= 0.6 is 0 Å². The number of amides is 1. The van der Waals surface area contributed by atoms with Crippen LogP contribution in [0.5, 0.6) is 11.5 Å². The number of nitrogens with zero attached hydrogens (tertiary/aromatic N) is 1. The molecule has 0 bridgehead atoms. The molecule has 0 saturated heterocycles. The van der Waals surface area contributed by atoms with Crippen molar-refractivity contribution in [3.63, 3.8) is 0 Å². The zero-order valence-corrected chi connectivity index (χ0v) is 13.9. The predicted octanol–water partition coefficient (Wildman–Crippen LogP) is 3.08. The van der Waals surface area contributed by atoms with Crippen LogP contribution in [-0.4, -0.2) is 22.5 Å². The van der Waals surface area contributed by atoms with E-state index in [0.29, 0.717) is 18.6 Å². The second-order valence-corrected chi connectivity index (χ2v) is 5.62. The fraction of sp³-hybridized carbons (Fsp3) is 0.278. The van der Waals surface area contributed by atoms with Crippen molar-refractivity contribution in [2.24, 2.45) is 0 Å². The Labute approximate surface area is 145 Å². The first-order valence-corrected chi connectivity index (χ1v) is 7.88. The Hall–Kier alpha value is -3.09. The Morgan fingerprint density at radius 1 is 1.28 bits per heavy atom. The maximum atomic E-state index is 11.8. The van der Waals surface area contributed by atoms with Gasteiger partial charge in [-0.25, -0.2) is 0 Å². The van der Waals surface area contributed by atoms with Gasteiger partial charge in [-0.15, -0.1) is 0 Å². The van der Waals surface area contributed by atoms with E-state index in [1.54, 1.807) is 0 Å². The van der Waals surface area contributed by atoms with E-state index in [4.69, 9.17) is 4.74 Å². The number of nitrogens with one attached hydrogen (secondary N) is 1. The highest BCUT2D eigenvalue weighted by Crippen LogP contribution is 2.22. The van der Waals surface area contributed by atoms with E-state index in [0.717, 1.165) is 11.3 Å². The zero-order chi connectivity index (χ0) is 18.2. The van der Waals surface area contributed by atoms with E-state index in [1.165, 1.54) is 18.2 Å². The normalized spacial score (nSPS) is 10.3. The molecule has 0 atom stereocenters. The van der Waals surface area contributed by atoms with E-state index in [-0.39, 0.29) is 30.3 Å². The summed E-state index contributed by atoms with van der Waals surface area (Å²) in [5.41, 5.74) is 1.28. The summed E-state index contributed by atoms with van der Waals surface area (Å²) in [6.45, 7) is 2.42. The van der Waals surface area contributed by atoms with Crippen molar-refractivity contribution in [2.45, 2.75) is 26.3 Å². The number of phenolic OH excluding ortho intramolecular Hbond substituents is 1. The van der Waals surface area contributed by atoms with Gasteiger partial charge in [0, 0.05) is 30.7 Å². The highest BCUT2D eigenvalue weighted by Gasteiger charge is 2.11. The third kappa shape index (κ3) is 5.80. The molecule has 0 spiro atoms. The van der Waals surface area contributed by atoms with Gasteiger partial charge in [-0.05, 0) is 37.1 Å². The van der Waals surface area contributed by atoms with Gasteiger partial charge in [0.15, 0.2) is 0 Å². The summed E-state index contributed by atoms with van der Waals surface area (Å²) in [6.07, 6.45) is 0.808. The molecule has 2 N–H and O–H groups in total. The average molecular weight is 344 g/mol. The Balaban J connectivity index is 1.74. The molecule has 7 heteroatoms. The second kappa shape index (κ2) is 8.68. The van der Waals surface area contributed by atoms with Crippen LogP contribution in [0.2, 0.25) is 0 Å². The molecule has 0 saturated carbocycles. The second-order valence-electron chi connectivity index (χ2n) is 5.62. The SMILES string of the molecule is Cc1cccc(OCCCC(=O)NCc2cc([N+](=O)[O-])ccc2O)c1. The maximum Gasteiger partial charge on any atom is 0.270 e. The number of aryl methyl sites for hydroxylation is 1. The van der Waals surface area contributed by atoms with E-state index >= 15 is 0 Å². The van der Waals surface area contributed by atoms with Crippen molar-refractivity contribution in [2.75, 3.05) is 6.61 Å². The predicted molar refractivity (Wildman–Crippen MR) is 92.5 cm³/mol. The summed E-state index contributed by atoms with van der Waals surface area (Å²) in [5, 5.41) is 23.1. The van der Waals surface area contributed by atoms with Crippen molar-refractivity contribution < 1.29 is 19.6 Å². The third-order valence-corrected chi connectivity index (χ3v) is 3.56. The molecule has 2 aromatic carbocycles. The minimum Gasteiger partial charge on any atom is -0.508 e. The van der Waals surface area contributed by atoms with Crippen LogP contribution in [0.15, 0.2) is 42.5 Å². The average Bonchev–Trinajstić information content (AvgIpc) is 2.58. The highest BCUT2D eigenvalue weighted by molar-refractivity contribution is 5.75. The van der Waals surface area contributed by atoms with Gasteiger partial charge in [-0.1, -0.05) is 12.1 Å². The standard InChI is InChI=1S/C18H20N2O5/c1-13-4-2-5-16(10-13)25-9-3-6-18(22)19-12-14-11-15(20(23)24)7-8-17(14)21/h2,4-5,7-8,10-11,21H,3,6,9,12H2,1H3,(H,19,22). The largest absolute Gasteiger partial charge is 0.508 e. The van der Waals surface area contributed by atoms with Gasteiger partial charge in [0.2, 0.25) is 5.91 Å². The number of benzene rings is 2. The van der Waals surface area contributed by atoms with Gasteiger partial charge in [0.25, 0.3) is 5.69 Å². The smallest absolute Gasteiger partial charge is 0.270 e. The minimum atomic E-state index is -0.548. The fourth-order valence-corrected chi connectivity index (χ4v) is 2.24. The summed E-state index contributed by atoms with van der Waals surface area (Å²) in [4.78, 5) is 22.0. The van der Waals surface area contributed by atoms with Gasteiger partial charge in [-0.2, -0.15) is 0 Å². The molecule has 2 rings (SSSR count). The minimum absolute atomic E-state index is 0.0328. The van der Waals surface area contributed by atoms with Crippen LogP contribution in [0.4, 0.5) is 5.69 Å². The van der Waals surface area contributed by atoms with Crippen molar-refractivity contribution in [1.29, 1.82) is 0 Å². The van der Waals surface area contributed by atoms with Crippen LogP contribution < -0.4 is 10.1 Å². The lowest BCUT2D eigenvalue weighted by Crippen LogP contribution is -2.23. The van der Waals surface area contributed by atoms with Crippen molar-refractivity contribution >= 4 is 11.6 Å². The monoisotopic (exact) mass is 344 g/mol. The van der Waals surface area contributed by atoms with Crippen LogP contribution in [0.25, 0.3) is 0 Å². The first-order valence-electron chi connectivity index (χ1n) is 7.88. The van der Waals surface area contributed by atoms with Crippen molar-refractivity contribution in [3.8, 4) is 11.5 Å². The number of nitro benzene ring substituents is 1. The Bertz CT molecular complexity index is 761. The molecule has 1 amide bonds. The van der Waals surface area contributed by atoms with Crippen molar-refractivity contribution in [1.82, 2.24) is 5.32 Å². The molecular weight excluding hydrogens is 324 g/mol. The topological polar surface area (TPSA) is 102 Å². The number of hydrogen-bond acceptors (Lipinski definition) is 5. The van der Waals surface area contributed by atoms with E-state index < -0.39 is 4.92 Å². The number of nitro groups is 1. The third-order valence-electron chi connectivity index (χ3n) is 3.56. The first kappa shape index (κ1) is 18.3. The molecule has 0 unspecified atom stereocenters. The molecule has 0 aromatic heterocycles. The molecular formula is C18H20N2O5. The number of non-ortho nitro benzene ring substituents is 1. The molecule has 0 heterocycles. The number of hydrogen-bond donors (Lipinski definition) is 2. The fourth-order valence-electron chi connectivity index (χ4n) is 2.24. The summed E-state index contributed by atoms with van der Waals surface area (Å²) >= 11 is 0. The summed E-state index contributed by atoms with van der Waals surface area (Å²) < 4.78 is 5.57. The number of rotatable bonds is 8. The molecule has 2 aromatic rings. The molecule has 7 nitrogen and oxygen atoms in total. The van der Waals surface area contributed by atoms with Crippen LogP contribution in [0, 0.1) is 17.0 Å². The van der Waals surface area contributed by atoms with Crippen LogP contribution in [-0.2, 0) is 11.3 Å². The van der Waals surface area contributed by atoms with Gasteiger partial charge >= 0.3 is 0 Å². The van der Waals surface area contributed by atoms with E-state index in [1.807, 2.05) is 31.2 Å². The number of ether oxygens (including phenoxy) is 1. The zero-order valence-electron chi connectivity index (χ0n) is 13.9. The van der Waals surface area contributed by atoms with Crippen molar-refractivity contribution in [3.05, 3.63) is 63.7 Å². The number of carbonyl (C=O) groups excluding carboxylic acids is 1. The lowest BCUT2D eigenvalue weighted by molar-refractivity contribution is -0.384. The van der Waals surface area contributed by atoms with Gasteiger partial charge in [0.1, 0.15) is 11.5 Å². The van der Waals surface area contributed by atoms with Gasteiger partial charge in [-0.3, -0.25) is 14.9 Å².